The summed E-state index contributed by atoms with van der Waals surface area (Å²) in [6, 6.07) is 24.0. The number of piperazine rings is 1. The number of hydrogen-bond acceptors (Lipinski definition) is 5. The maximum Gasteiger partial charge on any atom is 0.234 e. The quantitative estimate of drug-likeness (QED) is 0.477. The first-order valence-electron chi connectivity index (χ1n) is 11.2. The Balaban J connectivity index is 1.29. The van der Waals surface area contributed by atoms with Crippen molar-refractivity contribution in [3.8, 4) is 5.82 Å². The van der Waals surface area contributed by atoms with Crippen LogP contribution in [-0.2, 0) is 4.79 Å². The smallest absolute Gasteiger partial charge is 0.234 e. The lowest BCUT2D eigenvalue weighted by Gasteiger charge is -2.37. The third-order valence-corrected chi connectivity index (χ3v) is 6.14. The second kappa shape index (κ2) is 9.24. The highest BCUT2D eigenvalue weighted by Crippen LogP contribution is 2.27. The predicted octanol–water partition coefficient (Wildman–Crippen LogP) is 3.45. The Bertz CT molecular complexity index is 1160. The Labute approximate surface area is 193 Å². The topological polar surface area (TPSA) is 67.2 Å². The Morgan fingerprint density at radius 1 is 0.788 bits per heavy atom. The van der Waals surface area contributed by atoms with Crippen molar-refractivity contribution in [2.75, 3.05) is 31.1 Å². The Hall–Kier alpha value is -4.00. The second-order valence-electron chi connectivity index (χ2n) is 8.16. The Kier molecular flexibility index (Phi) is 5.85. The first-order chi connectivity index (χ1) is 16.2. The van der Waals surface area contributed by atoms with Crippen LogP contribution in [0.5, 0.6) is 0 Å². The van der Waals surface area contributed by atoms with E-state index in [1.54, 1.807) is 6.20 Å². The van der Waals surface area contributed by atoms with Crippen LogP contribution in [0.15, 0.2) is 85.2 Å². The Morgan fingerprint density at radius 3 is 1.88 bits per heavy atom. The molecule has 0 spiro atoms. The van der Waals surface area contributed by atoms with Crippen molar-refractivity contribution in [2.24, 2.45) is 0 Å². The third kappa shape index (κ3) is 4.35. The maximum absolute atomic E-state index is 13.6. The van der Waals surface area contributed by atoms with E-state index in [0.29, 0.717) is 13.1 Å². The van der Waals surface area contributed by atoms with Gasteiger partial charge in [0.1, 0.15) is 5.82 Å². The number of imidazole rings is 1. The molecule has 0 radical (unpaired) electrons. The van der Waals surface area contributed by atoms with E-state index in [1.165, 1.54) is 0 Å². The summed E-state index contributed by atoms with van der Waals surface area (Å²) in [5.41, 5.74) is 2.04. The van der Waals surface area contributed by atoms with E-state index in [2.05, 4.69) is 20.1 Å². The van der Waals surface area contributed by atoms with Crippen molar-refractivity contribution >= 4 is 11.7 Å². The first kappa shape index (κ1) is 20.9. The molecule has 0 unspecified atom stereocenters. The summed E-state index contributed by atoms with van der Waals surface area (Å²) in [5.74, 6) is 2.29. The van der Waals surface area contributed by atoms with Gasteiger partial charge in [0.15, 0.2) is 11.6 Å². The van der Waals surface area contributed by atoms with Crippen molar-refractivity contribution in [1.82, 2.24) is 24.6 Å². The number of aromatic nitrogens is 4. The molecule has 1 aliphatic rings. The van der Waals surface area contributed by atoms with Crippen molar-refractivity contribution in [2.45, 2.75) is 12.8 Å². The van der Waals surface area contributed by atoms with Crippen molar-refractivity contribution in [1.29, 1.82) is 0 Å². The van der Waals surface area contributed by atoms with Crippen LogP contribution < -0.4 is 4.90 Å². The average molecular weight is 439 g/mol. The second-order valence-corrected chi connectivity index (χ2v) is 8.16. The van der Waals surface area contributed by atoms with Gasteiger partial charge >= 0.3 is 0 Å². The molecule has 2 aromatic carbocycles. The standard InChI is InChI=1S/C26H26N6O/c1-20-27-14-15-32(20)24-13-12-23(28-29-24)30-16-18-31(19-17-30)26(33)25(21-8-4-2-5-9-21)22-10-6-3-7-11-22/h2-15,25H,16-19H2,1H3. The van der Waals surface area contributed by atoms with Crippen LogP contribution in [0.3, 0.4) is 0 Å². The molecule has 5 rings (SSSR count). The van der Waals surface area contributed by atoms with Crippen LogP contribution in [0, 0.1) is 6.92 Å². The molecule has 0 bridgehead atoms. The van der Waals surface area contributed by atoms with Crippen LogP contribution in [0.25, 0.3) is 5.82 Å². The van der Waals surface area contributed by atoms with E-state index in [-0.39, 0.29) is 11.8 Å². The van der Waals surface area contributed by atoms with Gasteiger partial charge in [0, 0.05) is 38.6 Å². The minimum atomic E-state index is -0.295. The normalized spacial score (nSPS) is 14.0. The fourth-order valence-corrected chi connectivity index (χ4v) is 4.34. The summed E-state index contributed by atoms with van der Waals surface area (Å²) in [7, 11) is 0. The van der Waals surface area contributed by atoms with Crippen molar-refractivity contribution in [3.63, 3.8) is 0 Å². The molecule has 166 valence electrons. The number of anilines is 1. The summed E-state index contributed by atoms with van der Waals surface area (Å²) >= 11 is 0. The van der Waals surface area contributed by atoms with Gasteiger partial charge in [-0.05, 0) is 30.2 Å². The van der Waals surface area contributed by atoms with Crippen LogP contribution >= 0.6 is 0 Å². The zero-order chi connectivity index (χ0) is 22.6. The zero-order valence-electron chi connectivity index (χ0n) is 18.6. The molecule has 3 heterocycles. The average Bonchev–Trinajstić information content (AvgIpc) is 3.31. The molecule has 1 fully saturated rings. The number of hydrogen-bond donors (Lipinski definition) is 0. The number of rotatable bonds is 5. The van der Waals surface area contributed by atoms with Gasteiger partial charge in [-0.15, -0.1) is 10.2 Å². The molecule has 1 aliphatic heterocycles. The number of amides is 1. The molecule has 0 saturated carbocycles. The zero-order valence-corrected chi connectivity index (χ0v) is 18.6. The monoisotopic (exact) mass is 438 g/mol. The molecule has 1 saturated heterocycles. The number of aryl methyl sites for hydroxylation is 1. The van der Waals surface area contributed by atoms with E-state index in [9.17, 15) is 4.79 Å². The lowest BCUT2D eigenvalue weighted by molar-refractivity contribution is -0.132. The molecular formula is C26H26N6O. The summed E-state index contributed by atoms with van der Waals surface area (Å²) in [6.45, 7) is 4.68. The van der Waals surface area contributed by atoms with Gasteiger partial charge in [0.2, 0.25) is 5.91 Å². The van der Waals surface area contributed by atoms with Gasteiger partial charge in [0.05, 0.1) is 5.92 Å². The van der Waals surface area contributed by atoms with Gasteiger partial charge in [-0.25, -0.2) is 4.98 Å². The molecule has 7 heteroatoms. The molecule has 1 amide bonds. The molecule has 2 aromatic heterocycles. The van der Waals surface area contributed by atoms with E-state index < -0.39 is 0 Å². The largest absolute Gasteiger partial charge is 0.352 e. The summed E-state index contributed by atoms with van der Waals surface area (Å²) in [4.78, 5) is 22.0. The maximum atomic E-state index is 13.6. The van der Waals surface area contributed by atoms with Crippen LogP contribution in [0.1, 0.15) is 22.9 Å². The fourth-order valence-electron chi connectivity index (χ4n) is 4.34. The summed E-state index contributed by atoms with van der Waals surface area (Å²) in [5, 5.41) is 8.79. The van der Waals surface area contributed by atoms with Crippen molar-refractivity contribution in [3.05, 3.63) is 102 Å². The van der Waals surface area contributed by atoms with Crippen LogP contribution in [-0.4, -0.2) is 56.7 Å². The molecular weight excluding hydrogens is 412 g/mol. The molecule has 0 atom stereocenters. The van der Waals surface area contributed by atoms with Gasteiger partial charge in [-0.1, -0.05) is 60.7 Å². The lowest BCUT2D eigenvalue weighted by atomic mass is 9.90. The van der Waals surface area contributed by atoms with Gasteiger partial charge in [0.25, 0.3) is 0 Å². The molecule has 4 aromatic rings. The van der Waals surface area contributed by atoms with Gasteiger partial charge in [-0.3, -0.25) is 9.36 Å². The molecule has 7 nitrogen and oxygen atoms in total. The third-order valence-electron chi connectivity index (χ3n) is 6.14. The number of benzene rings is 2. The highest BCUT2D eigenvalue weighted by atomic mass is 16.2. The van der Waals surface area contributed by atoms with E-state index in [4.69, 9.17) is 0 Å². The fraction of sp³-hybridized carbons (Fsp3) is 0.231. The SMILES string of the molecule is Cc1nccn1-c1ccc(N2CCN(C(=O)C(c3ccccc3)c3ccccc3)CC2)nn1. The van der Waals surface area contributed by atoms with E-state index in [1.807, 2.05) is 95.4 Å². The highest BCUT2D eigenvalue weighted by Gasteiger charge is 2.30. The Morgan fingerprint density at radius 2 is 1.36 bits per heavy atom. The summed E-state index contributed by atoms with van der Waals surface area (Å²) in [6.07, 6.45) is 3.62. The highest BCUT2D eigenvalue weighted by molar-refractivity contribution is 5.87. The lowest BCUT2D eigenvalue weighted by Crippen LogP contribution is -2.50. The minimum Gasteiger partial charge on any atom is -0.352 e. The predicted molar refractivity (Wildman–Crippen MR) is 127 cm³/mol. The molecule has 33 heavy (non-hydrogen) atoms. The first-order valence-corrected chi connectivity index (χ1v) is 11.2. The van der Waals surface area contributed by atoms with Crippen molar-refractivity contribution < 1.29 is 4.79 Å². The van der Waals surface area contributed by atoms with Crippen LogP contribution in [0.2, 0.25) is 0 Å². The van der Waals surface area contributed by atoms with Gasteiger partial charge < -0.3 is 9.80 Å². The van der Waals surface area contributed by atoms with E-state index in [0.717, 1.165) is 41.7 Å². The van der Waals surface area contributed by atoms with E-state index >= 15 is 0 Å². The number of carbonyl (C=O) groups excluding carboxylic acids is 1. The summed E-state index contributed by atoms with van der Waals surface area (Å²) < 4.78 is 1.90. The number of nitrogens with zero attached hydrogens (tertiary/aromatic N) is 6. The van der Waals surface area contributed by atoms with Crippen LogP contribution in [0.4, 0.5) is 5.82 Å². The molecule has 0 aliphatic carbocycles. The minimum absolute atomic E-state index is 0.143. The number of carbonyl (C=O) groups is 1. The molecule has 0 N–H and O–H groups in total. The van der Waals surface area contributed by atoms with Gasteiger partial charge in [-0.2, -0.15) is 0 Å².